The Morgan fingerprint density at radius 2 is 1.96 bits per heavy atom. The van der Waals surface area contributed by atoms with Crippen LogP contribution in [0.4, 0.5) is 10.2 Å². The fraction of sp³-hybridized carbons (Fsp3) is 0.688. The standard InChI is InChI=1S/C16H21FN4O3/c17-16(2-3-16)15(22)21-7-10-24-11-12(21)14-18-4-1-13(19-14)20-5-8-23-9-6-20/h1,4,12H,2-3,5-11H2/t12-/m1/s1. The Bertz CT molecular complexity index is 619. The van der Waals surface area contributed by atoms with Gasteiger partial charge in [0, 0.05) is 25.8 Å². The maximum Gasteiger partial charge on any atom is 0.261 e. The van der Waals surface area contributed by atoms with Gasteiger partial charge in [-0.3, -0.25) is 4.79 Å². The summed E-state index contributed by atoms with van der Waals surface area (Å²) in [5, 5.41) is 0. The first-order valence-corrected chi connectivity index (χ1v) is 8.41. The summed E-state index contributed by atoms with van der Waals surface area (Å²) in [6, 6.07) is 1.42. The second-order valence-corrected chi connectivity index (χ2v) is 6.43. The van der Waals surface area contributed by atoms with E-state index in [0.29, 0.717) is 51.6 Å². The summed E-state index contributed by atoms with van der Waals surface area (Å²) in [5.41, 5.74) is -1.68. The maximum absolute atomic E-state index is 14.2. The van der Waals surface area contributed by atoms with Gasteiger partial charge in [0.05, 0.1) is 26.4 Å². The van der Waals surface area contributed by atoms with Crippen LogP contribution >= 0.6 is 0 Å². The fourth-order valence-corrected chi connectivity index (χ4v) is 3.13. The van der Waals surface area contributed by atoms with E-state index in [1.807, 2.05) is 6.07 Å². The van der Waals surface area contributed by atoms with Crippen molar-refractivity contribution in [3.8, 4) is 0 Å². The first-order valence-electron chi connectivity index (χ1n) is 8.41. The van der Waals surface area contributed by atoms with Crippen molar-refractivity contribution in [2.45, 2.75) is 24.6 Å². The van der Waals surface area contributed by atoms with Gasteiger partial charge in [0.15, 0.2) is 11.5 Å². The molecule has 0 radical (unpaired) electrons. The van der Waals surface area contributed by atoms with E-state index in [4.69, 9.17) is 9.47 Å². The van der Waals surface area contributed by atoms with E-state index < -0.39 is 17.6 Å². The lowest BCUT2D eigenvalue weighted by Gasteiger charge is -2.36. The molecule has 8 heteroatoms. The molecule has 0 N–H and O–H groups in total. The van der Waals surface area contributed by atoms with Crippen molar-refractivity contribution < 1.29 is 18.7 Å². The van der Waals surface area contributed by atoms with Gasteiger partial charge < -0.3 is 19.3 Å². The second-order valence-electron chi connectivity index (χ2n) is 6.43. The van der Waals surface area contributed by atoms with Crippen molar-refractivity contribution in [1.82, 2.24) is 14.9 Å². The Morgan fingerprint density at radius 1 is 1.21 bits per heavy atom. The number of alkyl halides is 1. The van der Waals surface area contributed by atoms with Gasteiger partial charge in [0.25, 0.3) is 5.91 Å². The van der Waals surface area contributed by atoms with Gasteiger partial charge in [-0.25, -0.2) is 14.4 Å². The Balaban J connectivity index is 1.57. The smallest absolute Gasteiger partial charge is 0.261 e. The lowest BCUT2D eigenvalue weighted by atomic mass is 10.1. The van der Waals surface area contributed by atoms with Gasteiger partial charge in [-0.05, 0) is 18.9 Å². The molecule has 3 heterocycles. The topological polar surface area (TPSA) is 67.8 Å². The molecule has 1 aliphatic carbocycles. The molecular weight excluding hydrogens is 315 g/mol. The molecule has 1 aromatic rings. The van der Waals surface area contributed by atoms with Crippen molar-refractivity contribution in [3.05, 3.63) is 18.1 Å². The number of morpholine rings is 2. The summed E-state index contributed by atoms with van der Waals surface area (Å²) >= 11 is 0. The average Bonchev–Trinajstić information content (AvgIpc) is 3.41. The Morgan fingerprint density at radius 3 is 2.71 bits per heavy atom. The third kappa shape index (κ3) is 2.95. The van der Waals surface area contributed by atoms with Crippen molar-refractivity contribution in [2.24, 2.45) is 0 Å². The lowest BCUT2D eigenvalue weighted by molar-refractivity contribution is -0.147. The molecule has 3 aliphatic rings. The minimum absolute atomic E-state index is 0.300. The monoisotopic (exact) mass is 336 g/mol. The normalized spacial score (nSPS) is 26.3. The van der Waals surface area contributed by atoms with Crippen LogP contribution in [0.15, 0.2) is 12.3 Å². The van der Waals surface area contributed by atoms with Crippen molar-refractivity contribution in [3.63, 3.8) is 0 Å². The van der Waals surface area contributed by atoms with Crippen LogP contribution in [-0.2, 0) is 14.3 Å². The molecule has 130 valence electrons. The minimum atomic E-state index is -1.68. The summed E-state index contributed by atoms with van der Waals surface area (Å²) in [6.07, 6.45) is 2.31. The number of amides is 1. The average molecular weight is 336 g/mol. The highest BCUT2D eigenvalue weighted by atomic mass is 19.1. The summed E-state index contributed by atoms with van der Waals surface area (Å²) in [5.74, 6) is 0.870. The number of anilines is 1. The van der Waals surface area contributed by atoms with Crippen LogP contribution in [0, 0.1) is 0 Å². The maximum atomic E-state index is 14.2. The summed E-state index contributed by atoms with van der Waals surface area (Å²) in [6.45, 7) is 3.97. The molecule has 0 spiro atoms. The van der Waals surface area contributed by atoms with Crippen LogP contribution in [0.3, 0.4) is 0 Å². The van der Waals surface area contributed by atoms with E-state index in [-0.39, 0.29) is 0 Å². The zero-order valence-electron chi connectivity index (χ0n) is 13.5. The van der Waals surface area contributed by atoms with Crippen molar-refractivity contribution in [2.75, 3.05) is 51.0 Å². The van der Waals surface area contributed by atoms with Crippen LogP contribution in [0.25, 0.3) is 0 Å². The molecule has 1 aromatic heterocycles. The SMILES string of the molecule is O=C(N1CCOC[C@@H]1c1nccc(N2CCOCC2)n1)C1(F)CC1. The Hall–Kier alpha value is -1.80. The fourth-order valence-electron chi connectivity index (χ4n) is 3.13. The number of nitrogens with zero attached hydrogens (tertiary/aromatic N) is 4. The predicted molar refractivity (Wildman–Crippen MR) is 83.4 cm³/mol. The summed E-state index contributed by atoms with van der Waals surface area (Å²) < 4.78 is 25.1. The van der Waals surface area contributed by atoms with E-state index in [0.717, 1.165) is 18.9 Å². The van der Waals surface area contributed by atoms with Gasteiger partial charge in [-0.2, -0.15) is 0 Å². The van der Waals surface area contributed by atoms with Gasteiger partial charge in [0.2, 0.25) is 0 Å². The van der Waals surface area contributed by atoms with E-state index in [2.05, 4.69) is 14.9 Å². The zero-order valence-corrected chi connectivity index (χ0v) is 13.5. The van der Waals surface area contributed by atoms with E-state index in [9.17, 15) is 9.18 Å². The van der Waals surface area contributed by atoms with E-state index in [1.54, 1.807) is 11.1 Å². The number of rotatable bonds is 3. The first kappa shape index (κ1) is 15.7. The van der Waals surface area contributed by atoms with Crippen LogP contribution < -0.4 is 4.90 Å². The minimum Gasteiger partial charge on any atom is -0.378 e. The zero-order chi connectivity index (χ0) is 16.6. The predicted octanol–water partition coefficient (Wildman–Crippen LogP) is 0.715. The molecule has 0 bridgehead atoms. The number of hydrogen-bond donors (Lipinski definition) is 0. The molecule has 0 aromatic carbocycles. The number of carbonyl (C=O) groups is 1. The third-order valence-electron chi connectivity index (χ3n) is 4.75. The van der Waals surface area contributed by atoms with Gasteiger partial charge in [-0.15, -0.1) is 0 Å². The highest BCUT2D eigenvalue weighted by Gasteiger charge is 2.54. The molecule has 2 saturated heterocycles. The molecule has 0 unspecified atom stereocenters. The third-order valence-corrected chi connectivity index (χ3v) is 4.75. The molecule has 1 atom stereocenters. The van der Waals surface area contributed by atoms with Gasteiger partial charge in [0.1, 0.15) is 11.9 Å². The summed E-state index contributed by atoms with van der Waals surface area (Å²) in [4.78, 5) is 25.1. The van der Waals surface area contributed by atoms with Crippen LogP contribution in [0.2, 0.25) is 0 Å². The molecule has 4 rings (SSSR count). The van der Waals surface area contributed by atoms with Crippen molar-refractivity contribution in [1.29, 1.82) is 0 Å². The number of carbonyl (C=O) groups excluding carboxylic acids is 1. The lowest BCUT2D eigenvalue weighted by Crippen LogP contribution is -2.48. The highest BCUT2D eigenvalue weighted by Crippen LogP contribution is 2.43. The number of aromatic nitrogens is 2. The summed E-state index contributed by atoms with van der Waals surface area (Å²) in [7, 11) is 0. The number of hydrogen-bond acceptors (Lipinski definition) is 6. The molecule has 3 fully saturated rings. The largest absolute Gasteiger partial charge is 0.378 e. The van der Waals surface area contributed by atoms with Gasteiger partial charge >= 0.3 is 0 Å². The van der Waals surface area contributed by atoms with Crippen LogP contribution in [-0.4, -0.2) is 72.5 Å². The number of ether oxygens (including phenoxy) is 2. The van der Waals surface area contributed by atoms with Crippen molar-refractivity contribution >= 4 is 11.7 Å². The van der Waals surface area contributed by atoms with Crippen LogP contribution in [0.1, 0.15) is 24.7 Å². The van der Waals surface area contributed by atoms with Gasteiger partial charge in [-0.1, -0.05) is 0 Å². The second kappa shape index (κ2) is 6.25. The quantitative estimate of drug-likeness (QED) is 0.810. The van der Waals surface area contributed by atoms with E-state index >= 15 is 0 Å². The molecular formula is C16H21FN4O3. The Labute approximate surface area is 139 Å². The highest BCUT2D eigenvalue weighted by molar-refractivity contribution is 5.88. The molecule has 24 heavy (non-hydrogen) atoms. The van der Waals surface area contributed by atoms with E-state index in [1.165, 1.54) is 0 Å². The van der Waals surface area contributed by atoms with Crippen LogP contribution in [0.5, 0.6) is 0 Å². The Kier molecular flexibility index (Phi) is 4.09. The first-order chi connectivity index (χ1) is 11.7. The molecule has 1 saturated carbocycles. The number of halogens is 1. The molecule has 1 amide bonds. The molecule has 2 aliphatic heterocycles. The molecule has 7 nitrogen and oxygen atoms in total.